The van der Waals surface area contributed by atoms with Crippen LogP contribution in [-0.2, 0) is 13.0 Å². The summed E-state index contributed by atoms with van der Waals surface area (Å²) in [5, 5.41) is 3.02. The number of aromatic nitrogens is 1. The zero-order chi connectivity index (χ0) is 19.8. The number of benzene rings is 1. The molecule has 0 saturated carbocycles. The molecular formula is C21H28N4O3. The van der Waals surface area contributed by atoms with E-state index in [9.17, 15) is 4.79 Å². The van der Waals surface area contributed by atoms with Gasteiger partial charge in [-0.3, -0.25) is 9.88 Å². The fourth-order valence-electron chi connectivity index (χ4n) is 3.32. The van der Waals surface area contributed by atoms with Crippen molar-refractivity contribution in [3.05, 3.63) is 53.9 Å². The highest BCUT2D eigenvalue weighted by Gasteiger charge is 2.20. The zero-order valence-corrected chi connectivity index (χ0v) is 16.6. The number of methoxy groups -OCH3 is 2. The molecule has 2 aromatic rings. The smallest absolute Gasteiger partial charge is 0.317 e. The number of nitrogens with zero attached hydrogens (tertiary/aromatic N) is 3. The molecule has 0 bridgehead atoms. The minimum Gasteiger partial charge on any atom is -0.493 e. The van der Waals surface area contributed by atoms with E-state index in [4.69, 9.17) is 9.47 Å². The SMILES string of the molecule is COc1ccc(CCNC(=O)N2CCN(Cc3ccncc3)CC2)cc1OC. The summed E-state index contributed by atoms with van der Waals surface area (Å²) in [7, 11) is 3.24. The average molecular weight is 384 g/mol. The maximum absolute atomic E-state index is 12.4. The van der Waals surface area contributed by atoms with E-state index < -0.39 is 0 Å². The Labute approximate surface area is 166 Å². The van der Waals surface area contributed by atoms with Gasteiger partial charge >= 0.3 is 6.03 Å². The molecule has 0 atom stereocenters. The predicted octanol–water partition coefficient (Wildman–Crippen LogP) is 2.17. The molecule has 28 heavy (non-hydrogen) atoms. The largest absolute Gasteiger partial charge is 0.493 e. The van der Waals surface area contributed by atoms with E-state index in [1.54, 1.807) is 14.2 Å². The molecule has 1 aliphatic heterocycles. The highest BCUT2D eigenvalue weighted by Crippen LogP contribution is 2.27. The van der Waals surface area contributed by atoms with Crippen LogP contribution in [0.15, 0.2) is 42.7 Å². The van der Waals surface area contributed by atoms with Crippen molar-refractivity contribution in [2.45, 2.75) is 13.0 Å². The molecular weight excluding hydrogens is 356 g/mol. The minimum atomic E-state index is 0.00374. The van der Waals surface area contributed by atoms with Gasteiger partial charge in [-0.15, -0.1) is 0 Å². The summed E-state index contributed by atoms with van der Waals surface area (Å²) in [6, 6.07) is 9.90. The maximum Gasteiger partial charge on any atom is 0.317 e. The molecule has 2 heterocycles. The zero-order valence-electron chi connectivity index (χ0n) is 16.6. The van der Waals surface area contributed by atoms with Crippen molar-refractivity contribution in [2.24, 2.45) is 0 Å². The number of carbonyl (C=O) groups excluding carboxylic acids is 1. The first kappa shape index (κ1) is 19.9. The molecule has 7 nitrogen and oxygen atoms in total. The van der Waals surface area contributed by atoms with Crippen molar-refractivity contribution in [2.75, 3.05) is 46.9 Å². The lowest BCUT2D eigenvalue weighted by molar-refractivity contribution is 0.135. The lowest BCUT2D eigenvalue weighted by atomic mass is 10.1. The summed E-state index contributed by atoms with van der Waals surface area (Å²) >= 11 is 0. The molecule has 0 aliphatic carbocycles. The van der Waals surface area contributed by atoms with Crippen LogP contribution in [0.25, 0.3) is 0 Å². The van der Waals surface area contributed by atoms with Crippen molar-refractivity contribution < 1.29 is 14.3 Å². The molecule has 0 unspecified atom stereocenters. The van der Waals surface area contributed by atoms with Crippen molar-refractivity contribution >= 4 is 6.03 Å². The number of ether oxygens (including phenoxy) is 2. The van der Waals surface area contributed by atoms with E-state index in [0.717, 1.165) is 44.7 Å². The number of rotatable bonds is 7. The summed E-state index contributed by atoms with van der Waals surface area (Å²) in [5.74, 6) is 1.41. The second-order valence-electron chi connectivity index (χ2n) is 6.79. The summed E-state index contributed by atoms with van der Waals surface area (Å²) in [5.41, 5.74) is 2.35. The lowest BCUT2D eigenvalue weighted by Gasteiger charge is -2.34. The number of pyridine rings is 1. The molecule has 2 amide bonds. The van der Waals surface area contributed by atoms with Crippen LogP contribution in [0, 0.1) is 0 Å². The Kier molecular flexibility index (Phi) is 7.08. The molecule has 1 N–H and O–H groups in total. The Morgan fingerprint density at radius 1 is 1.00 bits per heavy atom. The molecule has 1 fully saturated rings. The van der Waals surface area contributed by atoms with E-state index in [2.05, 4.69) is 15.2 Å². The van der Waals surface area contributed by atoms with Crippen LogP contribution in [0.3, 0.4) is 0 Å². The van der Waals surface area contributed by atoms with Crippen molar-refractivity contribution in [3.63, 3.8) is 0 Å². The van der Waals surface area contributed by atoms with Gasteiger partial charge in [0.1, 0.15) is 0 Å². The Morgan fingerprint density at radius 3 is 2.39 bits per heavy atom. The average Bonchev–Trinajstić information content (AvgIpc) is 2.74. The van der Waals surface area contributed by atoms with Crippen LogP contribution in [0.5, 0.6) is 11.5 Å². The molecule has 1 saturated heterocycles. The third kappa shape index (κ3) is 5.36. The van der Waals surface area contributed by atoms with Gasteiger partial charge in [0.15, 0.2) is 11.5 Å². The quantitative estimate of drug-likeness (QED) is 0.793. The van der Waals surface area contributed by atoms with E-state index >= 15 is 0 Å². The number of hydrogen-bond donors (Lipinski definition) is 1. The normalized spacial score (nSPS) is 14.6. The number of hydrogen-bond acceptors (Lipinski definition) is 5. The van der Waals surface area contributed by atoms with Gasteiger partial charge in [-0.1, -0.05) is 6.07 Å². The highest BCUT2D eigenvalue weighted by molar-refractivity contribution is 5.74. The van der Waals surface area contributed by atoms with Gasteiger partial charge in [0.2, 0.25) is 0 Å². The first-order valence-electron chi connectivity index (χ1n) is 9.54. The Hall–Kier alpha value is -2.80. The van der Waals surface area contributed by atoms with Crippen LogP contribution >= 0.6 is 0 Å². The second kappa shape index (κ2) is 9.94. The number of amides is 2. The van der Waals surface area contributed by atoms with Crippen molar-refractivity contribution in [1.82, 2.24) is 20.1 Å². The number of carbonyl (C=O) groups is 1. The summed E-state index contributed by atoms with van der Waals surface area (Å²) < 4.78 is 10.6. The van der Waals surface area contributed by atoms with Crippen molar-refractivity contribution in [1.29, 1.82) is 0 Å². The summed E-state index contributed by atoms with van der Waals surface area (Å²) in [6.07, 6.45) is 4.38. The highest BCUT2D eigenvalue weighted by atomic mass is 16.5. The van der Waals surface area contributed by atoms with Crippen LogP contribution in [0.4, 0.5) is 4.79 Å². The number of nitrogens with one attached hydrogen (secondary N) is 1. The van der Waals surface area contributed by atoms with Crippen LogP contribution < -0.4 is 14.8 Å². The van der Waals surface area contributed by atoms with Crippen molar-refractivity contribution in [3.8, 4) is 11.5 Å². The Bertz CT molecular complexity index is 762. The predicted molar refractivity (Wildman–Crippen MR) is 108 cm³/mol. The first-order chi connectivity index (χ1) is 13.7. The van der Waals surface area contributed by atoms with Gasteiger partial charge in [0, 0.05) is 51.7 Å². The van der Waals surface area contributed by atoms with Gasteiger partial charge in [0.05, 0.1) is 14.2 Å². The molecule has 3 rings (SSSR count). The van der Waals surface area contributed by atoms with Crippen LogP contribution in [0.2, 0.25) is 0 Å². The van der Waals surface area contributed by atoms with E-state index in [1.807, 2.05) is 47.6 Å². The molecule has 0 spiro atoms. The third-order valence-electron chi connectivity index (χ3n) is 4.95. The van der Waals surface area contributed by atoms with Gasteiger partial charge in [-0.25, -0.2) is 4.79 Å². The Morgan fingerprint density at radius 2 is 1.71 bits per heavy atom. The van der Waals surface area contributed by atoms with Crippen LogP contribution in [-0.4, -0.2) is 67.8 Å². The van der Waals surface area contributed by atoms with Gasteiger partial charge in [0.25, 0.3) is 0 Å². The molecule has 0 radical (unpaired) electrons. The maximum atomic E-state index is 12.4. The van der Waals surface area contributed by atoms with E-state index in [1.165, 1.54) is 5.56 Å². The minimum absolute atomic E-state index is 0.00374. The fraction of sp³-hybridized carbons (Fsp3) is 0.429. The van der Waals surface area contributed by atoms with E-state index in [-0.39, 0.29) is 6.03 Å². The van der Waals surface area contributed by atoms with E-state index in [0.29, 0.717) is 18.0 Å². The monoisotopic (exact) mass is 384 g/mol. The topological polar surface area (TPSA) is 66.9 Å². The number of urea groups is 1. The third-order valence-corrected chi connectivity index (χ3v) is 4.95. The molecule has 7 heteroatoms. The molecule has 1 aromatic heterocycles. The summed E-state index contributed by atoms with van der Waals surface area (Å²) in [4.78, 5) is 20.7. The standard InChI is InChI=1S/C21H28N4O3/c1-27-19-4-3-17(15-20(19)28-2)7-10-23-21(26)25-13-11-24(12-14-25)16-18-5-8-22-9-6-18/h3-6,8-9,15H,7,10-14,16H2,1-2H3,(H,23,26). The second-order valence-corrected chi connectivity index (χ2v) is 6.79. The molecule has 1 aromatic carbocycles. The summed E-state index contributed by atoms with van der Waals surface area (Å²) in [6.45, 7) is 4.74. The number of piperazine rings is 1. The fourth-order valence-corrected chi connectivity index (χ4v) is 3.32. The molecule has 1 aliphatic rings. The van der Waals surface area contributed by atoms with Gasteiger partial charge in [-0.2, -0.15) is 0 Å². The van der Waals surface area contributed by atoms with Gasteiger partial charge < -0.3 is 19.7 Å². The Balaban J connectivity index is 1.40. The first-order valence-corrected chi connectivity index (χ1v) is 9.54. The molecule has 150 valence electrons. The van der Waals surface area contributed by atoms with Crippen LogP contribution in [0.1, 0.15) is 11.1 Å². The lowest BCUT2D eigenvalue weighted by Crippen LogP contribution is -2.51. The van der Waals surface area contributed by atoms with Gasteiger partial charge in [-0.05, 0) is 41.8 Å².